The Kier molecular flexibility index (Phi) is 4.53. The smallest absolute Gasteiger partial charge is 0.144 e. The largest absolute Gasteiger partial charge is 0.234 e. The van der Waals surface area contributed by atoms with Crippen molar-refractivity contribution in [2.75, 3.05) is 0 Å². The van der Waals surface area contributed by atoms with E-state index in [9.17, 15) is 4.21 Å². The molecule has 0 heterocycles. The predicted molar refractivity (Wildman–Crippen MR) is 72.0 cm³/mol. The SMILES string of the molecule is CC(C)(C)[S@](=O)/N=C/c1cc(Cl)cc(Cl)c1. The van der Waals surface area contributed by atoms with Crippen LogP contribution in [-0.2, 0) is 11.0 Å². The van der Waals surface area contributed by atoms with Crippen molar-refractivity contribution in [2.45, 2.75) is 25.5 Å². The van der Waals surface area contributed by atoms with Gasteiger partial charge in [0.15, 0.2) is 0 Å². The molecular formula is C11H13Cl2NOS. The number of hydrogen-bond donors (Lipinski definition) is 0. The van der Waals surface area contributed by atoms with Gasteiger partial charge in [0.25, 0.3) is 0 Å². The molecule has 0 N–H and O–H groups in total. The Labute approximate surface area is 108 Å². The number of benzene rings is 1. The summed E-state index contributed by atoms with van der Waals surface area (Å²) < 4.78 is 15.3. The van der Waals surface area contributed by atoms with Gasteiger partial charge < -0.3 is 0 Å². The van der Waals surface area contributed by atoms with E-state index in [1.807, 2.05) is 20.8 Å². The first-order chi connectivity index (χ1) is 7.29. The normalized spacial score (nSPS) is 14.3. The highest BCUT2D eigenvalue weighted by Gasteiger charge is 2.18. The van der Waals surface area contributed by atoms with E-state index in [2.05, 4.69) is 4.40 Å². The molecule has 0 unspecified atom stereocenters. The van der Waals surface area contributed by atoms with Crippen LogP contribution in [-0.4, -0.2) is 15.2 Å². The molecule has 0 amide bonds. The molecule has 2 nitrogen and oxygen atoms in total. The second kappa shape index (κ2) is 5.30. The maximum Gasteiger partial charge on any atom is 0.144 e. The molecule has 0 saturated heterocycles. The Morgan fingerprint density at radius 3 is 2.12 bits per heavy atom. The van der Waals surface area contributed by atoms with E-state index in [0.717, 1.165) is 5.56 Å². The standard InChI is InChI=1S/C11H13Cl2NOS/c1-11(2,3)16(15)14-7-8-4-9(12)6-10(13)5-8/h4-7H,1-3H3/b14-7+/t16-/m0/s1. The van der Waals surface area contributed by atoms with E-state index < -0.39 is 11.0 Å². The van der Waals surface area contributed by atoms with Crippen LogP contribution in [0.4, 0.5) is 0 Å². The van der Waals surface area contributed by atoms with E-state index in [-0.39, 0.29) is 4.75 Å². The maximum absolute atomic E-state index is 11.7. The predicted octanol–water partition coefficient (Wildman–Crippen LogP) is 3.87. The third kappa shape index (κ3) is 4.24. The lowest BCUT2D eigenvalue weighted by Crippen LogP contribution is -2.19. The average Bonchev–Trinajstić information content (AvgIpc) is 2.11. The third-order valence-electron chi connectivity index (χ3n) is 1.71. The summed E-state index contributed by atoms with van der Waals surface area (Å²) in [4.78, 5) is 0. The van der Waals surface area contributed by atoms with Gasteiger partial charge in [0.05, 0.1) is 4.75 Å². The molecule has 0 spiro atoms. The lowest BCUT2D eigenvalue weighted by molar-refractivity contribution is 0.651. The fraction of sp³-hybridized carbons (Fsp3) is 0.364. The van der Waals surface area contributed by atoms with Crippen molar-refractivity contribution in [3.8, 4) is 0 Å². The molecule has 1 aromatic rings. The highest BCUT2D eigenvalue weighted by molar-refractivity contribution is 7.85. The van der Waals surface area contributed by atoms with Crippen LogP contribution < -0.4 is 0 Å². The Bertz CT molecular complexity index is 418. The van der Waals surface area contributed by atoms with Crippen LogP contribution in [0.15, 0.2) is 22.6 Å². The fourth-order valence-corrected chi connectivity index (χ4v) is 1.99. The van der Waals surface area contributed by atoms with Gasteiger partial charge in [0.2, 0.25) is 0 Å². The molecule has 0 radical (unpaired) electrons. The van der Waals surface area contributed by atoms with Gasteiger partial charge in [-0.3, -0.25) is 0 Å². The number of halogens is 2. The summed E-state index contributed by atoms with van der Waals surface area (Å²) in [6.07, 6.45) is 1.53. The van der Waals surface area contributed by atoms with E-state index in [4.69, 9.17) is 23.2 Å². The summed E-state index contributed by atoms with van der Waals surface area (Å²) in [6, 6.07) is 5.08. The van der Waals surface area contributed by atoms with Crippen molar-refractivity contribution < 1.29 is 4.21 Å². The topological polar surface area (TPSA) is 29.4 Å². The average molecular weight is 278 g/mol. The highest BCUT2D eigenvalue weighted by atomic mass is 35.5. The molecule has 1 rings (SSSR count). The summed E-state index contributed by atoms with van der Waals surface area (Å²) in [7, 11) is -1.27. The minimum Gasteiger partial charge on any atom is -0.234 e. The van der Waals surface area contributed by atoms with Crippen molar-refractivity contribution in [1.82, 2.24) is 0 Å². The van der Waals surface area contributed by atoms with Crippen molar-refractivity contribution in [2.24, 2.45) is 4.40 Å². The monoisotopic (exact) mass is 277 g/mol. The number of hydrogen-bond acceptors (Lipinski definition) is 1. The molecule has 0 aliphatic heterocycles. The third-order valence-corrected chi connectivity index (χ3v) is 3.49. The molecule has 16 heavy (non-hydrogen) atoms. The second-order valence-corrected chi connectivity index (χ2v) is 7.11. The van der Waals surface area contributed by atoms with Gasteiger partial charge >= 0.3 is 0 Å². The molecule has 0 aromatic heterocycles. The van der Waals surface area contributed by atoms with Crippen LogP contribution in [0.5, 0.6) is 0 Å². The fourth-order valence-electron chi connectivity index (χ4n) is 0.917. The van der Waals surface area contributed by atoms with Gasteiger partial charge in [-0.15, -0.1) is 0 Å². The Morgan fingerprint density at radius 1 is 1.19 bits per heavy atom. The molecule has 0 saturated carbocycles. The van der Waals surface area contributed by atoms with Crippen molar-refractivity contribution >= 4 is 40.4 Å². The maximum atomic E-state index is 11.7. The van der Waals surface area contributed by atoms with Crippen LogP contribution in [0, 0.1) is 0 Å². The van der Waals surface area contributed by atoms with E-state index in [1.54, 1.807) is 18.2 Å². The van der Waals surface area contributed by atoms with Crippen LogP contribution in [0.1, 0.15) is 26.3 Å². The van der Waals surface area contributed by atoms with Crippen LogP contribution >= 0.6 is 23.2 Å². The molecule has 1 aromatic carbocycles. The van der Waals surface area contributed by atoms with Gasteiger partial charge in [-0.2, -0.15) is 4.40 Å². The summed E-state index contributed by atoms with van der Waals surface area (Å²) in [5.74, 6) is 0. The first-order valence-corrected chi connectivity index (χ1v) is 6.57. The molecule has 88 valence electrons. The van der Waals surface area contributed by atoms with E-state index >= 15 is 0 Å². The molecule has 0 aliphatic rings. The van der Waals surface area contributed by atoms with Gasteiger partial charge in [0.1, 0.15) is 11.0 Å². The highest BCUT2D eigenvalue weighted by Crippen LogP contribution is 2.18. The Morgan fingerprint density at radius 2 is 1.69 bits per heavy atom. The van der Waals surface area contributed by atoms with Crippen molar-refractivity contribution in [3.05, 3.63) is 33.8 Å². The summed E-state index contributed by atoms with van der Waals surface area (Å²) >= 11 is 11.7. The minimum absolute atomic E-state index is 0.362. The van der Waals surface area contributed by atoms with Gasteiger partial charge in [-0.05, 0) is 44.5 Å². The van der Waals surface area contributed by atoms with E-state index in [1.165, 1.54) is 6.21 Å². The zero-order valence-corrected chi connectivity index (χ0v) is 11.7. The zero-order chi connectivity index (χ0) is 12.3. The molecule has 0 aliphatic carbocycles. The molecule has 0 bridgehead atoms. The lowest BCUT2D eigenvalue weighted by atomic mass is 10.2. The Balaban J connectivity index is 2.89. The van der Waals surface area contributed by atoms with Crippen LogP contribution in [0.2, 0.25) is 10.0 Å². The van der Waals surface area contributed by atoms with Crippen molar-refractivity contribution in [3.63, 3.8) is 0 Å². The van der Waals surface area contributed by atoms with Crippen molar-refractivity contribution in [1.29, 1.82) is 0 Å². The first kappa shape index (κ1) is 13.7. The lowest BCUT2D eigenvalue weighted by Gasteiger charge is -2.12. The van der Waals surface area contributed by atoms with Crippen LogP contribution in [0.3, 0.4) is 0 Å². The quantitative estimate of drug-likeness (QED) is 0.755. The number of rotatable bonds is 2. The zero-order valence-electron chi connectivity index (χ0n) is 9.33. The molecule has 1 atom stereocenters. The molecule has 5 heteroatoms. The van der Waals surface area contributed by atoms with Gasteiger partial charge in [0, 0.05) is 16.3 Å². The molecule has 0 fully saturated rings. The van der Waals surface area contributed by atoms with Gasteiger partial charge in [-0.25, -0.2) is 4.21 Å². The summed E-state index contributed by atoms with van der Waals surface area (Å²) in [6.45, 7) is 5.60. The minimum atomic E-state index is -1.27. The van der Waals surface area contributed by atoms with Gasteiger partial charge in [-0.1, -0.05) is 23.2 Å². The Hall–Kier alpha value is -0.380. The first-order valence-electron chi connectivity index (χ1n) is 4.71. The number of nitrogens with zero attached hydrogens (tertiary/aromatic N) is 1. The molecular weight excluding hydrogens is 265 g/mol. The van der Waals surface area contributed by atoms with E-state index in [0.29, 0.717) is 10.0 Å². The second-order valence-electron chi connectivity index (χ2n) is 4.30. The van der Waals surface area contributed by atoms with Crippen LogP contribution in [0.25, 0.3) is 0 Å². The summed E-state index contributed by atoms with van der Waals surface area (Å²) in [5, 5.41) is 1.07. The summed E-state index contributed by atoms with van der Waals surface area (Å²) in [5.41, 5.74) is 0.745.